The molecule has 0 amide bonds. The van der Waals surface area contributed by atoms with E-state index in [2.05, 4.69) is 0 Å². The fourth-order valence-corrected chi connectivity index (χ4v) is 1.79. The van der Waals surface area contributed by atoms with Crippen LogP contribution in [0.1, 0.15) is 24.5 Å². The van der Waals surface area contributed by atoms with Crippen LogP contribution in [0.4, 0.5) is 4.39 Å². The van der Waals surface area contributed by atoms with Gasteiger partial charge in [-0.2, -0.15) is 0 Å². The van der Waals surface area contributed by atoms with Crippen molar-refractivity contribution in [3.05, 3.63) is 41.2 Å². The Labute approximate surface area is 99.7 Å². The fourth-order valence-electron chi connectivity index (χ4n) is 1.25. The van der Waals surface area contributed by atoms with Crippen molar-refractivity contribution in [2.45, 2.75) is 20.3 Å². The van der Waals surface area contributed by atoms with Crippen molar-refractivity contribution in [3.63, 3.8) is 0 Å². The molecule has 0 saturated heterocycles. The van der Waals surface area contributed by atoms with Gasteiger partial charge in [0.2, 0.25) is 0 Å². The molecule has 0 unspecified atom stereocenters. The fraction of sp³-hybridized carbons (Fsp3) is 0.308. The van der Waals surface area contributed by atoms with Gasteiger partial charge in [0.25, 0.3) is 0 Å². The molecule has 0 radical (unpaired) electrons. The summed E-state index contributed by atoms with van der Waals surface area (Å²) in [6, 6.07) is 5.16. The summed E-state index contributed by atoms with van der Waals surface area (Å²) in [5, 5.41) is 0.120. The zero-order valence-electron chi connectivity index (χ0n) is 9.50. The highest BCUT2D eigenvalue weighted by Gasteiger charge is 1.97. The van der Waals surface area contributed by atoms with E-state index in [1.54, 1.807) is 19.1 Å². The maximum atomic E-state index is 13.4. The molecule has 0 fully saturated rings. The minimum atomic E-state index is -0.199. The SMILES string of the molecule is CC(=O)SCCC=Cc1ccc(C)cc1F. The van der Waals surface area contributed by atoms with Gasteiger partial charge in [-0.15, -0.1) is 0 Å². The standard InChI is InChI=1S/C13H15FOS/c1-10-6-7-12(13(14)9-10)5-3-4-8-16-11(2)15/h3,5-7,9H,4,8H2,1-2H3. The van der Waals surface area contributed by atoms with E-state index in [1.165, 1.54) is 17.8 Å². The van der Waals surface area contributed by atoms with E-state index in [1.807, 2.05) is 19.1 Å². The van der Waals surface area contributed by atoms with Gasteiger partial charge in [-0.1, -0.05) is 36.0 Å². The molecule has 3 heteroatoms. The Morgan fingerprint density at radius 3 is 2.88 bits per heavy atom. The lowest BCUT2D eigenvalue weighted by Gasteiger charge is -1.98. The molecule has 86 valence electrons. The predicted octanol–water partition coefficient (Wildman–Crippen LogP) is 3.82. The number of benzene rings is 1. The normalized spacial score (nSPS) is 10.9. The Morgan fingerprint density at radius 2 is 2.25 bits per heavy atom. The number of carbonyl (C=O) groups excluding carboxylic acids is 1. The summed E-state index contributed by atoms with van der Waals surface area (Å²) < 4.78 is 13.4. The highest BCUT2D eigenvalue weighted by molar-refractivity contribution is 8.13. The van der Waals surface area contributed by atoms with E-state index in [9.17, 15) is 9.18 Å². The van der Waals surface area contributed by atoms with Gasteiger partial charge in [0.1, 0.15) is 5.82 Å². The molecule has 1 nitrogen and oxygen atoms in total. The van der Waals surface area contributed by atoms with E-state index in [-0.39, 0.29) is 10.9 Å². The summed E-state index contributed by atoms with van der Waals surface area (Å²) >= 11 is 1.29. The second-order valence-electron chi connectivity index (χ2n) is 3.56. The van der Waals surface area contributed by atoms with Crippen LogP contribution >= 0.6 is 11.8 Å². The lowest BCUT2D eigenvalue weighted by Crippen LogP contribution is -1.85. The van der Waals surface area contributed by atoms with Crippen LogP contribution in [0.2, 0.25) is 0 Å². The number of halogens is 1. The summed E-state index contributed by atoms with van der Waals surface area (Å²) in [7, 11) is 0. The van der Waals surface area contributed by atoms with Crippen LogP contribution in [-0.2, 0) is 4.79 Å². The van der Waals surface area contributed by atoms with Gasteiger partial charge < -0.3 is 0 Å². The number of hydrogen-bond acceptors (Lipinski definition) is 2. The average molecular weight is 238 g/mol. The molecule has 0 N–H and O–H groups in total. The number of aryl methyl sites for hydroxylation is 1. The number of thioether (sulfide) groups is 1. The molecule has 0 heterocycles. The second kappa shape index (κ2) is 6.48. The van der Waals surface area contributed by atoms with Crippen molar-refractivity contribution in [1.82, 2.24) is 0 Å². The summed E-state index contributed by atoms with van der Waals surface area (Å²) in [5.74, 6) is 0.551. The lowest BCUT2D eigenvalue weighted by atomic mass is 10.1. The number of carbonyl (C=O) groups is 1. The van der Waals surface area contributed by atoms with Crippen LogP contribution in [0.5, 0.6) is 0 Å². The van der Waals surface area contributed by atoms with Gasteiger partial charge in [-0.05, 0) is 25.0 Å². The number of hydrogen-bond donors (Lipinski definition) is 0. The Hall–Kier alpha value is -1.09. The van der Waals surface area contributed by atoms with Crippen LogP contribution in [0.15, 0.2) is 24.3 Å². The molecular weight excluding hydrogens is 223 g/mol. The van der Waals surface area contributed by atoms with Crippen molar-refractivity contribution < 1.29 is 9.18 Å². The largest absolute Gasteiger partial charge is 0.288 e. The van der Waals surface area contributed by atoms with Crippen molar-refractivity contribution in [3.8, 4) is 0 Å². The molecule has 0 bridgehead atoms. The van der Waals surface area contributed by atoms with E-state index >= 15 is 0 Å². The number of rotatable bonds is 4. The van der Waals surface area contributed by atoms with Crippen LogP contribution in [0.25, 0.3) is 6.08 Å². The van der Waals surface area contributed by atoms with E-state index in [0.29, 0.717) is 5.56 Å². The van der Waals surface area contributed by atoms with Crippen LogP contribution < -0.4 is 0 Å². The molecule has 0 aliphatic heterocycles. The van der Waals surface area contributed by atoms with Crippen LogP contribution in [0.3, 0.4) is 0 Å². The smallest absolute Gasteiger partial charge is 0.185 e. The molecule has 1 rings (SSSR count). The van der Waals surface area contributed by atoms with Crippen LogP contribution in [-0.4, -0.2) is 10.9 Å². The molecule has 0 aromatic heterocycles. The minimum Gasteiger partial charge on any atom is -0.288 e. The summed E-state index contributed by atoms with van der Waals surface area (Å²) in [6.45, 7) is 3.41. The topological polar surface area (TPSA) is 17.1 Å². The molecule has 0 saturated carbocycles. The molecular formula is C13H15FOS. The quantitative estimate of drug-likeness (QED) is 0.742. The van der Waals surface area contributed by atoms with Gasteiger partial charge in [-0.25, -0.2) is 4.39 Å². The molecule has 0 aliphatic carbocycles. The van der Waals surface area contributed by atoms with E-state index in [4.69, 9.17) is 0 Å². The average Bonchev–Trinajstić information content (AvgIpc) is 2.20. The van der Waals surface area contributed by atoms with Crippen molar-refractivity contribution in [2.75, 3.05) is 5.75 Å². The molecule has 1 aromatic rings. The van der Waals surface area contributed by atoms with Gasteiger partial charge >= 0.3 is 0 Å². The molecule has 0 atom stereocenters. The summed E-state index contributed by atoms with van der Waals surface area (Å²) in [5.41, 5.74) is 1.51. The third kappa shape index (κ3) is 4.62. The predicted molar refractivity (Wildman–Crippen MR) is 67.9 cm³/mol. The zero-order valence-corrected chi connectivity index (χ0v) is 10.3. The summed E-state index contributed by atoms with van der Waals surface area (Å²) in [4.78, 5) is 10.6. The van der Waals surface area contributed by atoms with Crippen molar-refractivity contribution in [1.29, 1.82) is 0 Å². The first-order valence-corrected chi connectivity index (χ1v) is 6.14. The highest BCUT2D eigenvalue weighted by Crippen LogP contribution is 2.12. The third-order valence-electron chi connectivity index (χ3n) is 2.04. The second-order valence-corrected chi connectivity index (χ2v) is 4.83. The van der Waals surface area contributed by atoms with Crippen molar-refractivity contribution >= 4 is 23.0 Å². The highest BCUT2D eigenvalue weighted by atomic mass is 32.2. The van der Waals surface area contributed by atoms with E-state index < -0.39 is 0 Å². The molecule has 1 aromatic carbocycles. The van der Waals surface area contributed by atoms with Gasteiger partial charge in [0.05, 0.1) is 0 Å². The monoisotopic (exact) mass is 238 g/mol. The zero-order chi connectivity index (χ0) is 12.0. The minimum absolute atomic E-state index is 0.120. The van der Waals surface area contributed by atoms with E-state index in [0.717, 1.165) is 17.7 Å². The molecule has 16 heavy (non-hydrogen) atoms. The number of allylic oxidation sites excluding steroid dienone is 1. The maximum Gasteiger partial charge on any atom is 0.185 e. The Morgan fingerprint density at radius 1 is 1.50 bits per heavy atom. The van der Waals surface area contributed by atoms with Gasteiger partial charge in [0.15, 0.2) is 5.12 Å². The summed E-state index contributed by atoms with van der Waals surface area (Å²) in [6.07, 6.45) is 4.43. The Balaban J connectivity index is 2.47. The maximum absolute atomic E-state index is 13.4. The first-order valence-electron chi connectivity index (χ1n) is 5.15. The van der Waals surface area contributed by atoms with Gasteiger partial charge in [-0.3, -0.25) is 4.79 Å². The Kier molecular flexibility index (Phi) is 5.26. The third-order valence-corrected chi connectivity index (χ3v) is 2.89. The molecule has 0 aliphatic rings. The lowest BCUT2D eigenvalue weighted by molar-refractivity contribution is -0.109. The van der Waals surface area contributed by atoms with Crippen LogP contribution in [0, 0.1) is 12.7 Å². The van der Waals surface area contributed by atoms with Gasteiger partial charge in [0, 0.05) is 18.2 Å². The first kappa shape index (κ1) is 13.0. The first-order chi connectivity index (χ1) is 7.59. The molecule has 0 spiro atoms. The van der Waals surface area contributed by atoms with Crippen molar-refractivity contribution in [2.24, 2.45) is 0 Å². The Bertz CT molecular complexity index is 399.